The molecule has 4 rings (SSSR count). The molecule has 3 aromatic rings. The van der Waals surface area contributed by atoms with Gasteiger partial charge in [0.15, 0.2) is 5.82 Å². The Morgan fingerprint density at radius 1 is 0.963 bits per heavy atom. The first-order valence-corrected chi connectivity index (χ1v) is 9.94. The van der Waals surface area contributed by atoms with Crippen LogP contribution in [0.2, 0.25) is 0 Å². The van der Waals surface area contributed by atoms with Gasteiger partial charge in [-0.15, -0.1) is 0 Å². The summed E-state index contributed by atoms with van der Waals surface area (Å²) in [6, 6.07) is 20.2. The van der Waals surface area contributed by atoms with Gasteiger partial charge in [-0.05, 0) is 36.2 Å². The van der Waals surface area contributed by atoms with Crippen LogP contribution in [0.1, 0.15) is 11.1 Å². The number of nitriles is 1. The first-order chi connectivity index (χ1) is 13.3. The number of hydrogen-bond donors (Lipinski definition) is 0. The predicted molar refractivity (Wildman–Crippen MR) is 109 cm³/mol. The van der Waals surface area contributed by atoms with Gasteiger partial charge in [0.25, 0.3) is 0 Å². The molecule has 0 saturated carbocycles. The van der Waals surface area contributed by atoms with Gasteiger partial charge in [0.05, 0.1) is 11.6 Å². The van der Waals surface area contributed by atoms with Crippen LogP contribution in [0.15, 0.2) is 54.6 Å². The SMILES string of the molecule is N#Cc1ccc(-c2nsc(N3CCN(CCc4ccccc4)CC3)n2)cc1. The molecule has 0 aliphatic carbocycles. The van der Waals surface area contributed by atoms with Crippen molar-refractivity contribution < 1.29 is 0 Å². The highest BCUT2D eigenvalue weighted by atomic mass is 32.1. The van der Waals surface area contributed by atoms with Crippen molar-refractivity contribution in [1.82, 2.24) is 14.3 Å². The van der Waals surface area contributed by atoms with Crippen LogP contribution < -0.4 is 4.90 Å². The second kappa shape index (κ2) is 8.30. The first-order valence-electron chi connectivity index (χ1n) is 9.17. The van der Waals surface area contributed by atoms with Gasteiger partial charge in [0, 0.05) is 49.8 Å². The zero-order valence-electron chi connectivity index (χ0n) is 15.1. The third-order valence-electron chi connectivity index (χ3n) is 4.89. The third-order valence-corrected chi connectivity index (χ3v) is 5.67. The van der Waals surface area contributed by atoms with Crippen LogP contribution in [0.5, 0.6) is 0 Å². The second-order valence-electron chi connectivity index (χ2n) is 6.65. The van der Waals surface area contributed by atoms with Crippen molar-refractivity contribution in [3.8, 4) is 17.5 Å². The number of aromatic nitrogens is 2. The average Bonchev–Trinajstić information content (AvgIpc) is 3.24. The summed E-state index contributed by atoms with van der Waals surface area (Å²) in [6.45, 7) is 5.18. The van der Waals surface area contributed by atoms with Gasteiger partial charge in [-0.3, -0.25) is 4.90 Å². The van der Waals surface area contributed by atoms with Crippen LogP contribution in [0.4, 0.5) is 5.13 Å². The van der Waals surface area contributed by atoms with Gasteiger partial charge < -0.3 is 4.90 Å². The second-order valence-corrected chi connectivity index (χ2v) is 7.38. The summed E-state index contributed by atoms with van der Waals surface area (Å²) >= 11 is 1.45. The maximum Gasteiger partial charge on any atom is 0.205 e. The van der Waals surface area contributed by atoms with Crippen molar-refractivity contribution in [1.29, 1.82) is 5.26 Å². The number of piperazine rings is 1. The van der Waals surface area contributed by atoms with E-state index in [-0.39, 0.29) is 0 Å². The molecule has 0 unspecified atom stereocenters. The van der Waals surface area contributed by atoms with Crippen molar-refractivity contribution in [2.45, 2.75) is 6.42 Å². The van der Waals surface area contributed by atoms with Crippen LogP contribution in [-0.4, -0.2) is 47.0 Å². The molecular weight excluding hydrogens is 354 g/mol. The van der Waals surface area contributed by atoms with E-state index in [0.717, 1.165) is 55.7 Å². The Hall–Kier alpha value is -2.75. The van der Waals surface area contributed by atoms with Gasteiger partial charge in [0.1, 0.15) is 0 Å². The zero-order valence-corrected chi connectivity index (χ0v) is 15.9. The Morgan fingerprint density at radius 3 is 2.41 bits per heavy atom. The summed E-state index contributed by atoms with van der Waals surface area (Å²) in [4.78, 5) is 9.55. The van der Waals surface area contributed by atoms with E-state index < -0.39 is 0 Å². The molecule has 5 nitrogen and oxygen atoms in total. The van der Waals surface area contributed by atoms with E-state index in [0.29, 0.717) is 5.56 Å². The molecule has 1 aliphatic rings. The van der Waals surface area contributed by atoms with Crippen LogP contribution in [-0.2, 0) is 6.42 Å². The number of nitrogens with zero attached hydrogens (tertiary/aromatic N) is 5. The van der Waals surface area contributed by atoms with Gasteiger partial charge in [0.2, 0.25) is 5.13 Å². The fourth-order valence-corrected chi connectivity index (χ4v) is 3.99. The van der Waals surface area contributed by atoms with Gasteiger partial charge in [-0.1, -0.05) is 30.3 Å². The minimum atomic E-state index is 0.654. The smallest absolute Gasteiger partial charge is 0.205 e. The summed E-state index contributed by atoms with van der Waals surface area (Å²) in [5.41, 5.74) is 3.01. The van der Waals surface area contributed by atoms with Crippen LogP contribution in [0, 0.1) is 11.3 Å². The van der Waals surface area contributed by atoms with Crippen molar-refractivity contribution in [2.75, 3.05) is 37.6 Å². The minimum absolute atomic E-state index is 0.654. The Kier molecular flexibility index (Phi) is 5.42. The van der Waals surface area contributed by atoms with Crippen molar-refractivity contribution in [2.24, 2.45) is 0 Å². The zero-order chi connectivity index (χ0) is 18.5. The lowest BCUT2D eigenvalue weighted by Crippen LogP contribution is -2.47. The average molecular weight is 376 g/mol. The Labute approximate surface area is 163 Å². The summed E-state index contributed by atoms with van der Waals surface area (Å²) in [5.74, 6) is 0.742. The molecule has 0 atom stereocenters. The molecule has 0 spiro atoms. The third kappa shape index (κ3) is 4.33. The molecule has 0 N–H and O–H groups in total. The van der Waals surface area contributed by atoms with E-state index in [4.69, 9.17) is 10.2 Å². The predicted octanol–water partition coefficient (Wildman–Crippen LogP) is 3.44. The molecule has 1 saturated heterocycles. The highest BCUT2D eigenvalue weighted by molar-refractivity contribution is 7.09. The van der Waals surface area contributed by atoms with Gasteiger partial charge in [-0.2, -0.15) is 14.6 Å². The van der Waals surface area contributed by atoms with Crippen molar-refractivity contribution in [3.05, 3.63) is 65.7 Å². The summed E-state index contributed by atoms with van der Waals surface area (Å²) < 4.78 is 4.50. The van der Waals surface area contributed by atoms with Crippen molar-refractivity contribution in [3.63, 3.8) is 0 Å². The summed E-state index contributed by atoms with van der Waals surface area (Å²) in [6.07, 6.45) is 1.10. The van der Waals surface area contributed by atoms with Gasteiger partial charge >= 0.3 is 0 Å². The minimum Gasteiger partial charge on any atom is -0.344 e. The van der Waals surface area contributed by atoms with E-state index in [1.54, 1.807) is 0 Å². The molecular formula is C21H21N5S. The van der Waals surface area contributed by atoms with E-state index in [9.17, 15) is 0 Å². The van der Waals surface area contributed by atoms with Crippen molar-refractivity contribution >= 4 is 16.7 Å². The molecule has 136 valence electrons. The fraction of sp³-hybridized carbons (Fsp3) is 0.286. The normalized spacial score (nSPS) is 14.9. The lowest BCUT2D eigenvalue weighted by atomic mass is 10.1. The highest BCUT2D eigenvalue weighted by Gasteiger charge is 2.20. The number of rotatable bonds is 5. The number of benzene rings is 2. The Bertz CT molecular complexity index is 906. The van der Waals surface area contributed by atoms with Crippen LogP contribution >= 0.6 is 11.5 Å². The van der Waals surface area contributed by atoms with E-state index in [1.165, 1.54) is 17.1 Å². The van der Waals surface area contributed by atoms with Crippen LogP contribution in [0.3, 0.4) is 0 Å². The number of hydrogen-bond acceptors (Lipinski definition) is 6. The lowest BCUT2D eigenvalue weighted by Gasteiger charge is -2.34. The van der Waals surface area contributed by atoms with Crippen LogP contribution in [0.25, 0.3) is 11.4 Å². The number of anilines is 1. The molecule has 2 heterocycles. The highest BCUT2D eigenvalue weighted by Crippen LogP contribution is 2.25. The lowest BCUT2D eigenvalue weighted by molar-refractivity contribution is 0.261. The quantitative estimate of drug-likeness (QED) is 0.684. The Morgan fingerprint density at radius 2 is 1.70 bits per heavy atom. The summed E-state index contributed by atoms with van der Waals surface area (Å²) in [7, 11) is 0. The molecule has 1 fully saturated rings. The molecule has 1 aromatic heterocycles. The molecule has 6 heteroatoms. The molecule has 1 aliphatic heterocycles. The fourth-order valence-electron chi connectivity index (χ4n) is 3.25. The molecule has 0 amide bonds. The summed E-state index contributed by atoms with van der Waals surface area (Å²) in [5, 5.41) is 9.89. The molecule has 2 aromatic carbocycles. The first kappa shape index (κ1) is 17.7. The van der Waals surface area contributed by atoms with E-state index in [1.807, 2.05) is 24.3 Å². The molecule has 27 heavy (non-hydrogen) atoms. The Balaban J connectivity index is 1.32. The monoisotopic (exact) mass is 375 g/mol. The maximum atomic E-state index is 8.91. The molecule has 0 bridgehead atoms. The van der Waals surface area contributed by atoms with E-state index >= 15 is 0 Å². The maximum absolute atomic E-state index is 8.91. The largest absolute Gasteiger partial charge is 0.344 e. The molecule has 0 radical (unpaired) electrons. The topological polar surface area (TPSA) is 56.1 Å². The van der Waals surface area contributed by atoms with E-state index in [2.05, 4.69) is 50.6 Å². The van der Waals surface area contributed by atoms with Gasteiger partial charge in [-0.25, -0.2) is 0 Å². The standard InChI is InChI=1S/C21H21N5S/c22-16-18-6-8-19(9-7-18)20-23-21(27-24-20)26-14-12-25(13-15-26)11-10-17-4-2-1-3-5-17/h1-9H,10-15H2.